The van der Waals surface area contributed by atoms with Gasteiger partial charge in [-0.25, -0.2) is 13.2 Å². The minimum atomic E-state index is -3.74. The monoisotopic (exact) mass is 605 g/mol. The molecule has 0 radical (unpaired) electrons. The molecule has 106 valence electrons. The zero-order valence-corrected chi connectivity index (χ0v) is 17.4. The minimum Gasteiger partial charge on any atom is -0.478 e. The second kappa shape index (κ2) is 6.73. The van der Waals surface area contributed by atoms with Gasteiger partial charge in [-0.3, -0.25) is 4.72 Å². The number of nitrogens with one attached hydrogen (secondary N) is 1. The Kier molecular flexibility index (Phi) is 6.34. The molecule has 0 saturated carbocycles. The summed E-state index contributed by atoms with van der Waals surface area (Å²) in [5, 5.41) is 9.10. The van der Waals surface area contributed by atoms with E-state index in [0.29, 0.717) is 8.95 Å². The molecule has 1 rings (SSSR count). The van der Waals surface area contributed by atoms with Crippen molar-refractivity contribution in [2.45, 2.75) is 3.07 Å². The summed E-state index contributed by atoms with van der Waals surface area (Å²) in [6.07, 6.45) is 0. The van der Waals surface area contributed by atoms with Gasteiger partial charge >= 0.3 is 5.97 Å². The first-order valence-corrected chi connectivity index (χ1v) is 10.0. The van der Waals surface area contributed by atoms with Crippen LogP contribution in [0.1, 0.15) is 10.4 Å². The molecule has 0 aromatic heterocycles. The van der Waals surface area contributed by atoms with Gasteiger partial charge in [0.2, 0.25) is 0 Å². The smallest absolute Gasteiger partial charge is 0.338 e. The second-order valence-corrected chi connectivity index (χ2v) is 11.7. The molecule has 1 aromatic carbocycles. The van der Waals surface area contributed by atoms with E-state index in [2.05, 4.69) is 84.4 Å². The summed E-state index contributed by atoms with van der Waals surface area (Å²) in [5.74, 6) is -1.19. The molecule has 0 aliphatic carbocycles. The molecule has 0 spiro atoms. The van der Waals surface area contributed by atoms with Crippen molar-refractivity contribution in [3.8, 4) is 0 Å². The average Bonchev–Trinajstić information content (AvgIpc) is 2.23. The average molecular weight is 610 g/mol. The molecule has 0 heterocycles. The Labute approximate surface area is 151 Å². The number of halogens is 5. The van der Waals surface area contributed by atoms with E-state index in [4.69, 9.17) is 5.11 Å². The van der Waals surface area contributed by atoms with Gasteiger partial charge in [0.25, 0.3) is 10.0 Å². The molecule has 2 N–H and O–H groups in total. The summed E-state index contributed by atoms with van der Waals surface area (Å²) < 4.78 is 25.6. The number of hydrogen-bond donors (Lipinski definition) is 2. The van der Waals surface area contributed by atoms with Crippen molar-refractivity contribution in [2.24, 2.45) is 0 Å². The molecule has 0 bridgehead atoms. The highest BCUT2D eigenvalue weighted by molar-refractivity contribution is 9.27. The molecule has 19 heavy (non-hydrogen) atoms. The Morgan fingerprint density at radius 3 is 2.16 bits per heavy atom. The lowest BCUT2D eigenvalue weighted by molar-refractivity contribution is 0.0695. The van der Waals surface area contributed by atoms with E-state index >= 15 is 0 Å². The van der Waals surface area contributed by atoms with Crippen LogP contribution in [0.5, 0.6) is 0 Å². The first-order valence-electron chi connectivity index (χ1n) is 4.28. The van der Waals surface area contributed by atoms with Crippen molar-refractivity contribution in [2.75, 3.05) is 4.72 Å². The summed E-state index contributed by atoms with van der Waals surface area (Å²) in [6, 6.07) is 1.45. The summed E-state index contributed by atoms with van der Waals surface area (Å²) in [4.78, 5) is 11.1. The van der Waals surface area contributed by atoms with E-state index in [1.807, 2.05) is 0 Å². The number of hydrogen-bond acceptors (Lipinski definition) is 3. The highest BCUT2D eigenvalue weighted by Crippen LogP contribution is 2.39. The lowest BCUT2D eigenvalue weighted by Crippen LogP contribution is -2.19. The summed E-state index contributed by atoms with van der Waals surface area (Å²) >= 11 is 15.1. The maximum Gasteiger partial charge on any atom is 0.338 e. The predicted octanol–water partition coefficient (Wildman–Crippen LogP) is 4.49. The van der Waals surface area contributed by atoms with Crippen LogP contribution >= 0.6 is 79.6 Å². The molecule has 11 heteroatoms. The Bertz CT molecular complexity index is 631. The van der Waals surface area contributed by atoms with E-state index in [1.54, 1.807) is 0 Å². The molecular formula is C8H4Br5NO4S. The maximum atomic E-state index is 11.8. The molecule has 0 unspecified atom stereocenters. The van der Waals surface area contributed by atoms with Crippen LogP contribution in [-0.4, -0.2) is 22.6 Å². The van der Waals surface area contributed by atoms with Crippen molar-refractivity contribution in [3.05, 3.63) is 25.0 Å². The first-order chi connectivity index (χ1) is 8.58. The lowest BCUT2D eigenvalue weighted by atomic mass is 10.2. The van der Waals surface area contributed by atoms with Crippen LogP contribution in [-0.2, 0) is 10.0 Å². The third-order valence-corrected chi connectivity index (χ3v) is 7.82. The van der Waals surface area contributed by atoms with Gasteiger partial charge in [0.1, 0.15) is 0 Å². The summed E-state index contributed by atoms with van der Waals surface area (Å²) in [5.41, 5.74) is 0.0195. The van der Waals surface area contributed by atoms with Crippen LogP contribution in [0.15, 0.2) is 19.5 Å². The van der Waals surface area contributed by atoms with Gasteiger partial charge in [-0.2, -0.15) is 0 Å². The molecular weight excluding hydrogens is 606 g/mol. The summed E-state index contributed by atoms with van der Waals surface area (Å²) in [7, 11) is -3.74. The SMILES string of the molecule is O=C(O)c1c(Br)cc(Br)c(NS(=O)(=O)C(Br)Br)c1Br. The van der Waals surface area contributed by atoms with E-state index < -0.39 is 19.1 Å². The number of carboxylic acids is 1. The topological polar surface area (TPSA) is 83.5 Å². The van der Waals surface area contributed by atoms with Crippen molar-refractivity contribution in [1.82, 2.24) is 0 Å². The second-order valence-electron chi connectivity index (χ2n) is 3.12. The molecule has 0 aliphatic rings. The number of sulfonamides is 1. The number of aromatic carboxylic acids is 1. The maximum absolute atomic E-state index is 11.8. The fourth-order valence-electron chi connectivity index (χ4n) is 1.07. The third kappa shape index (κ3) is 4.16. The van der Waals surface area contributed by atoms with Crippen molar-refractivity contribution in [3.63, 3.8) is 0 Å². The standard InChI is InChI=1S/C8H4Br5NO4S/c9-2-1-3(10)6(5(11)4(2)7(15)16)14-19(17,18)8(12)13/h1,8,14H,(H,15,16). The van der Waals surface area contributed by atoms with Gasteiger partial charge in [0, 0.05) is 8.95 Å². The number of benzene rings is 1. The van der Waals surface area contributed by atoms with Gasteiger partial charge in [0.05, 0.1) is 15.7 Å². The number of alkyl halides is 2. The highest BCUT2D eigenvalue weighted by atomic mass is 79.9. The van der Waals surface area contributed by atoms with E-state index in [9.17, 15) is 13.2 Å². The largest absolute Gasteiger partial charge is 0.478 e. The number of carbonyl (C=O) groups is 1. The molecule has 0 fully saturated rings. The van der Waals surface area contributed by atoms with E-state index in [-0.39, 0.29) is 15.7 Å². The van der Waals surface area contributed by atoms with Gasteiger partial charge in [0.15, 0.2) is 3.07 Å². The zero-order chi connectivity index (χ0) is 15.0. The Morgan fingerprint density at radius 2 is 1.74 bits per heavy atom. The minimum absolute atomic E-state index is 0.0819. The van der Waals surface area contributed by atoms with Gasteiger partial charge < -0.3 is 5.11 Å². The van der Waals surface area contributed by atoms with Crippen LogP contribution < -0.4 is 4.72 Å². The molecule has 1 aromatic rings. The Morgan fingerprint density at radius 1 is 1.21 bits per heavy atom. The normalized spacial score (nSPS) is 11.7. The summed E-state index contributed by atoms with van der Waals surface area (Å²) in [6.45, 7) is 0. The van der Waals surface area contributed by atoms with E-state index in [1.165, 1.54) is 6.07 Å². The van der Waals surface area contributed by atoms with E-state index in [0.717, 1.165) is 0 Å². The molecule has 0 saturated heterocycles. The van der Waals surface area contributed by atoms with Crippen LogP contribution in [0.4, 0.5) is 5.69 Å². The van der Waals surface area contributed by atoms with Crippen molar-refractivity contribution >= 4 is 101 Å². The molecule has 0 amide bonds. The van der Waals surface area contributed by atoms with Crippen molar-refractivity contribution in [1.29, 1.82) is 0 Å². The quantitative estimate of drug-likeness (QED) is 0.493. The zero-order valence-electron chi connectivity index (χ0n) is 8.62. The van der Waals surface area contributed by atoms with Crippen molar-refractivity contribution < 1.29 is 18.3 Å². The van der Waals surface area contributed by atoms with Gasteiger partial charge in [-0.1, -0.05) is 31.9 Å². The fourth-order valence-corrected chi connectivity index (χ4v) is 5.13. The molecule has 5 nitrogen and oxygen atoms in total. The number of anilines is 1. The third-order valence-electron chi connectivity index (χ3n) is 1.86. The van der Waals surface area contributed by atoms with Gasteiger partial charge in [-0.15, -0.1) is 0 Å². The Hall–Kier alpha value is 0.840. The molecule has 0 aliphatic heterocycles. The molecule has 0 atom stereocenters. The Balaban J connectivity index is 3.46. The van der Waals surface area contributed by atoms with Crippen LogP contribution in [0.3, 0.4) is 0 Å². The number of rotatable bonds is 4. The number of carboxylic acid groups (broad SMARTS) is 1. The van der Waals surface area contributed by atoms with Crippen LogP contribution in [0.2, 0.25) is 0 Å². The van der Waals surface area contributed by atoms with Crippen LogP contribution in [0, 0.1) is 0 Å². The van der Waals surface area contributed by atoms with Gasteiger partial charge in [-0.05, 0) is 53.9 Å². The van der Waals surface area contributed by atoms with Crippen LogP contribution in [0.25, 0.3) is 0 Å². The lowest BCUT2D eigenvalue weighted by Gasteiger charge is -2.15. The first kappa shape index (κ1) is 17.9. The highest BCUT2D eigenvalue weighted by Gasteiger charge is 2.25. The fraction of sp³-hybridized carbons (Fsp3) is 0.125. The predicted molar refractivity (Wildman–Crippen MR) is 90.7 cm³/mol.